The molecule has 40 heavy (non-hydrogen) atoms. The Hall–Kier alpha value is -4.53. The third-order valence-corrected chi connectivity index (χ3v) is 6.52. The summed E-state index contributed by atoms with van der Waals surface area (Å²) < 4.78 is 35.7. The normalized spacial score (nSPS) is 11.3. The maximum atomic E-state index is 14.3. The summed E-state index contributed by atoms with van der Waals surface area (Å²) in [6.45, 7) is 3.93. The Labute approximate surface area is 242 Å². The number of benzene rings is 2. The number of nitrogens with two attached hydrogens (primary N) is 3. The number of methoxy groups -OCH3 is 1. The van der Waals surface area contributed by atoms with Crippen molar-refractivity contribution in [3.05, 3.63) is 111 Å². The summed E-state index contributed by atoms with van der Waals surface area (Å²) in [6.07, 6.45) is 0.330. The minimum atomic E-state index is -0.784. The van der Waals surface area contributed by atoms with E-state index in [4.69, 9.17) is 21.9 Å². The van der Waals surface area contributed by atoms with Crippen LogP contribution in [0.5, 0.6) is 0 Å². The lowest BCUT2D eigenvalue weighted by Crippen LogP contribution is -2.39. The van der Waals surface area contributed by atoms with Gasteiger partial charge in [-0.2, -0.15) is 5.10 Å². The van der Waals surface area contributed by atoms with Crippen LogP contribution < -0.4 is 17.2 Å². The van der Waals surface area contributed by atoms with Crippen LogP contribution in [0.2, 0.25) is 0 Å². The SMILES string of the molecule is C=C(/N=C(/N)C(=C(N)N)N(Cc1ccc(I)cc1)C(=O)OC)n1nc(Cc2ccccc2F)c2ncc(F)cc21. The average molecular weight is 658 g/mol. The highest BCUT2D eigenvalue weighted by atomic mass is 127. The van der Waals surface area contributed by atoms with Gasteiger partial charge < -0.3 is 21.9 Å². The number of carbonyl (C=O) groups is 1. The molecular formula is C27H25F2IN8O2. The zero-order chi connectivity index (χ0) is 29.0. The monoisotopic (exact) mass is 658 g/mol. The number of nitrogens with zero attached hydrogens (tertiary/aromatic N) is 5. The van der Waals surface area contributed by atoms with E-state index >= 15 is 0 Å². The molecule has 4 rings (SSSR count). The van der Waals surface area contributed by atoms with E-state index in [0.717, 1.165) is 20.2 Å². The number of pyridine rings is 1. The molecule has 0 aliphatic carbocycles. The van der Waals surface area contributed by atoms with Crippen molar-refractivity contribution in [2.45, 2.75) is 13.0 Å². The van der Waals surface area contributed by atoms with E-state index in [1.54, 1.807) is 18.2 Å². The van der Waals surface area contributed by atoms with Crippen molar-refractivity contribution in [3.63, 3.8) is 0 Å². The van der Waals surface area contributed by atoms with Gasteiger partial charge in [-0.25, -0.2) is 28.2 Å². The molecule has 4 aromatic rings. The molecule has 0 fully saturated rings. The number of fused-ring (bicyclic) bond motifs is 1. The molecular weight excluding hydrogens is 633 g/mol. The molecule has 0 aliphatic rings. The van der Waals surface area contributed by atoms with Gasteiger partial charge in [-0.15, -0.1) is 0 Å². The molecule has 0 saturated carbocycles. The first kappa shape index (κ1) is 28.5. The molecule has 0 spiro atoms. The predicted molar refractivity (Wildman–Crippen MR) is 156 cm³/mol. The quantitative estimate of drug-likeness (QED) is 0.147. The van der Waals surface area contributed by atoms with Gasteiger partial charge in [0.05, 0.1) is 31.1 Å². The molecule has 13 heteroatoms. The molecule has 1 amide bonds. The Morgan fingerprint density at radius 1 is 1.15 bits per heavy atom. The van der Waals surface area contributed by atoms with E-state index in [-0.39, 0.29) is 41.7 Å². The van der Waals surface area contributed by atoms with E-state index < -0.39 is 17.7 Å². The van der Waals surface area contributed by atoms with E-state index in [1.807, 2.05) is 24.3 Å². The highest BCUT2D eigenvalue weighted by Crippen LogP contribution is 2.24. The van der Waals surface area contributed by atoms with Crippen LogP contribution in [0.25, 0.3) is 16.9 Å². The first-order chi connectivity index (χ1) is 19.1. The molecule has 0 unspecified atom stereocenters. The smallest absolute Gasteiger partial charge is 0.414 e. The maximum Gasteiger partial charge on any atom is 0.414 e. The first-order valence-electron chi connectivity index (χ1n) is 11.7. The first-order valence-corrected chi connectivity index (χ1v) is 12.8. The minimum absolute atomic E-state index is 0.0200. The van der Waals surface area contributed by atoms with Gasteiger partial charge in [0.2, 0.25) is 0 Å². The average Bonchev–Trinajstić information content (AvgIpc) is 3.27. The molecule has 0 saturated heterocycles. The zero-order valence-electron chi connectivity index (χ0n) is 21.3. The Balaban J connectivity index is 1.74. The molecule has 206 valence electrons. The Morgan fingerprint density at radius 2 is 1.85 bits per heavy atom. The number of hydrogen-bond donors (Lipinski definition) is 3. The molecule has 2 heterocycles. The van der Waals surface area contributed by atoms with Gasteiger partial charge in [-0.05, 0) is 51.9 Å². The van der Waals surface area contributed by atoms with Gasteiger partial charge >= 0.3 is 6.09 Å². The molecule has 0 atom stereocenters. The van der Waals surface area contributed by atoms with Crippen molar-refractivity contribution in [1.29, 1.82) is 0 Å². The Bertz CT molecular complexity index is 1650. The van der Waals surface area contributed by atoms with E-state index in [1.165, 1.54) is 23.9 Å². The highest BCUT2D eigenvalue weighted by molar-refractivity contribution is 14.1. The van der Waals surface area contributed by atoms with Gasteiger partial charge in [-0.3, -0.25) is 4.90 Å². The third kappa shape index (κ3) is 6.20. The highest BCUT2D eigenvalue weighted by Gasteiger charge is 2.25. The van der Waals surface area contributed by atoms with Crippen LogP contribution in [0.3, 0.4) is 0 Å². The largest absolute Gasteiger partial charge is 0.452 e. The van der Waals surface area contributed by atoms with Crippen LogP contribution in [0, 0.1) is 15.2 Å². The van der Waals surface area contributed by atoms with Gasteiger partial charge in [0, 0.05) is 16.1 Å². The second-order valence-corrected chi connectivity index (χ2v) is 9.79. The molecule has 0 bridgehead atoms. The molecule has 6 N–H and O–H groups in total. The van der Waals surface area contributed by atoms with Gasteiger partial charge in [0.25, 0.3) is 0 Å². The van der Waals surface area contributed by atoms with Crippen molar-refractivity contribution in [2.75, 3.05) is 7.11 Å². The van der Waals surface area contributed by atoms with Crippen molar-refractivity contribution in [1.82, 2.24) is 19.7 Å². The number of halogens is 3. The number of aromatic nitrogens is 3. The lowest BCUT2D eigenvalue weighted by Gasteiger charge is -2.24. The van der Waals surface area contributed by atoms with E-state index in [9.17, 15) is 13.6 Å². The van der Waals surface area contributed by atoms with Crippen molar-refractivity contribution >= 4 is 51.4 Å². The fourth-order valence-corrected chi connectivity index (χ4v) is 4.33. The number of aliphatic imine (C=N–C) groups is 1. The van der Waals surface area contributed by atoms with E-state index in [2.05, 4.69) is 44.2 Å². The lowest BCUT2D eigenvalue weighted by atomic mass is 10.1. The van der Waals surface area contributed by atoms with Crippen LogP contribution in [0.15, 0.2) is 83.9 Å². The Kier molecular flexibility index (Phi) is 8.62. The van der Waals surface area contributed by atoms with Gasteiger partial charge in [0.15, 0.2) is 5.84 Å². The number of amidine groups is 1. The predicted octanol–water partition coefficient (Wildman–Crippen LogP) is 4.05. The number of amides is 1. The number of carbonyl (C=O) groups excluding carboxylic acids is 1. The van der Waals surface area contributed by atoms with Crippen molar-refractivity contribution in [3.8, 4) is 0 Å². The van der Waals surface area contributed by atoms with Gasteiger partial charge in [0.1, 0.15) is 34.5 Å². The number of rotatable bonds is 8. The van der Waals surface area contributed by atoms with Crippen LogP contribution in [-0.4, -0.2) is 38.7 Å². The topological polar surface area (TPSA) is 151 Å². The second-order valence-electron chi connectivity index (χ2n) is 8.55. The summed E-state index contributed by atoms with van der Waals surface area (Å²) in [5.41, 5.74) is 20.1. The minimum Gasteiger partial charge on any atom is -0.452 e. The zero-order valence-corrected chi connectivity index (χ0v) is 23.5. The number of ether oxygens (including phenoxy) is 1. The van der Waals surface area contributed by atoms with E-state index in [0.29, 0.717) is 16.8 Å². The van der Waals surface area contributed by atoms with Crippen LogP contribution in [-0.2, 0) is 17.7 Å². The number of hydrogen-bond acceptors (Lipinski definition) is 7. The molecule has 0 radical (unpaired) electrons. The van der Waals surface area contributed by atoms with Crippen molar-refractivity contribution < 1.29 is 18.3 Å². The van der Waals surface area contributed by atoms with Crippen LogP contribution >= 0.6 is 22.6 Å². The second kappa shape index (κ2) is 12.1. The molecule has 10 nitrogen and oxygen atoms in total. The third-order valence-electron chi connectivity index (χ3n) is 5.80. The fourth-order valence-electron chi connectivity index (χ4n) is 3.97. The molecule has 2 aromatic carbocycles. The maximum absolute atomic E-state index is 14.3. The van der Waals surface area contributed by atoms with Gasteiger partial charge in [-0.1, -0.05) is 36.9 Å². The Morgan fingerprint density at radius 3 is 2.50 bits per heavy atom. The summed E-state index contributed by atoms with van der Waals surface area (Å²) in [5, 5.41) is 4.47. The lowest BCUT2D eigenvalue weighted by molar-refractivity contribution is 0.135. The standard InChI is InChI=1S/C27H25F2IN8O2/c1-15(35-26(33)24(25(31)32)37(27(39)40-2)14-16-7-9-19(30)10-8-16)38-22-12-18(28)13-34-23(22)21(36-38)11-17-5-3-4-6-20(17)29/h3-10,12-13H,1,11,14,31-32H2,2H3,(H2,33,35). The summed E-state index contributed by atoms with van der Waals surface area (Å²) in [7, 11) is 1.20. The summed E-state index contributed by atoms with van der Waals surface area (Å²) in [4.78, 5) is 22.3. The summed E-state index contributed by atoms with van der Waals surface area (Å²) in [6, 6.07) is 14.8. The molecule has 0 aliphatic heterocycles. The molecule has 2 aromatic heterocycles. The summed E-state index contributed by atoms with van der Waals surface area (Å²) >= 11 is 2.16. The fraction of sp³-hybridized carbons (Fsp3) is 0.111. The van der Waals surface area contributed by atoms with Crippen molar-refractivity contribution in [2.24, 2.45) is 22.2 Å². The van der Waals surface area contributed by atoms with Crippen LogP contribution in [0.1, 0.15) is 16.8 Å². The summed E-state index contributed by atoms with van der Waals surface area (Å²) in [5.74, 6) is -1.69. The van der Waals surface area contributed by atoms with Crippen LogP contribution in [0.4, 0.5) is 13.6 Å².